The summed E-state index contributed by atoms with van der Waals surface area (Å²) in [7, 11) is -4.11. The van der Waals surface area contributed by atoms with Crippen molar-refractivity contribution in [1.29, 1.82) is 0 Å². The number of nitrogens with zero attached hydrogens (tertiary/aromatic N) is 1. The number of halogens is 3. The van der Waals surface area contributed by atoms with Crippen molar-refractivity contribution in [2.45, 2.75) is 19.3 Å². The average Bonchev–Trinajstić information content (AvgIpc) is 2.79. The number of thiophene rings is 1. The van der Waals surface area contributed by atoms with Crippen molar-refractivity contribution in [1.82, 2.24) is 0 Å². The second-order valence-electron chi connectivity index (χ2n) is 3.27. The van der Waals surface area contributed by atoms with E-state index in [4.69, 9.17) is 0 Å². The molecule has 18 heavy (non-hydrogen) atoms. The molecule has 0 aromatic carbocycles. The Morgan fingerprint density at radius 3 is 2.72 bits per heavy atom. The molecule has 1 aromatic rings. The maximum Gasteiger partial charge on any atom is 0.353 e. The molecule has 0 atom stereocenters. The van der Waals surface area contributed by atoms with Gasteiger partial charge in [-0.2, -0.15) is 21.6 Å². The van der Waals surface area contributed by atoms with Gasteiger partial charge in [0.25, 0.3) is 0 Å². The standard InChI is InChI=1S/C9H10F3NO3S2/c1-2-6-18(14,15)16-13-8(10)9(11,12)7-4-3-5-17-7/h3-5H,2,6H2,1H3. The predicted molar refractivity (Wildman–Crippen MR) is 61.9 cm³/mol. The Balaban J connectivity index is 2.84. The topological polar surface area (TPSA) is 55.7 Å². The van der Waals surface area contributed by atoms with E-state index in [0.29, 0.717) is 11.3 Å². The van der Waals surface area contributed by atoms with Gasteiger partial charge in [0.15, 0.2) is 0 Å². The average molecular weight is 301 g/mol. The number of oxime groups is 1. The van der Waals surface area contributed by atoms with Crippen molar-refractivity contribution in [2.75, 3.05) is 5.75 Å². The molecule has 1 heterocycles. The van der Waals surface area contributed by atoms with E-state index in [1.54, 1.807) is 6.92 Å². The highest BCUT2D eigenvalue weighted by Crippen LogP contribution is 2.33. The maximum atomic E-state index is 13.4. The Morgan fingerprint density at radius 1 is 1.56 bits per heavy atom. The zero-order valence-electron chi connectivity index (χ0n) is 9.27. The van der Waals surface area contributed by atoms with Gasteiger partial charge in [-0.25, -0.2) is 0 Å². The molecule has 0 N–H and O–H groups in total. The second-order valence-corrected chi connectivity index (χ2v) is 5.89. The van der Waals surface area contributed by atoms with E-state index in [1.807, 2.05) is 0 Å². The Bertz CT molecular complexity index is 511. The van der Waals surface area contributed by atoms with Gasteiger partial charge in [0.2, 0.25) is 0 Å². The van der Waals surface area contributed by atoms with Gasteiger partial charge in [-0.05, 0) is 23.0 Å². The molecule has 0 aliphatic rings. The van der Waals surface area contributed by atoms with E-state index >= 15 is 0 Å². The fraction of sp³-hybridized carbons (Fsp3) is 0.444. The molecule has 0 unspecified atom stereocenters. The Kier molecular flexibility index (Phi) is 4.74. The molecule has 0 saturated heterocycles. The van der Waals surface area contributed by atoms with Crippen molar-refractivity contribution in [3.63, 3.8) is 0 Å². The van der Waals surface area contributed by atoms with E-state index < -0.39 is 32.6 Å². The number of hydrogen-bond acceptors (Lipinski definition) is 5. The van der Waals surface area contributed by atoms with E-state index in [0.717, 1.165) is 6.07 Å². The molecule has 0 amide bonds. The SMILES string of the molecule is CCCS(=O)(=O)ON=C(F)C(F)(F)c1cccs1. The van der Waals surface area contributed by atoms with Crippen molar-refractivity contribution in [2.24, 2.45) is 5.16 Å². The summed E-state index contributed by atoms with van der Waals surface area (Å²) in [6.07, 6.45) is 0.209. The summed E-state index contributed by atoms with van der Waals surface area (Å²) in [5, 5.41) is 3.70. The van der Waals surface area contributed by atoms with Crippen LogP contribution in [0.5, 0.6) is 0 Å². The minimum atomic E-state index is -4.11. The minimum absolute atomic E-state index is 0.209. The first-order valence-corrected chi connectivity index (χ1v) is 7.32. The molecule has 4 nitrogen and oxygen atoms in total. The van der Waals surface area contributed by atoms with Crippen molar-refractivity contribution in [3.8, 4) is 0 Å². The third-order valence-electron chi connectivity index (χ3n) is 1.77. The van der Waals surface area contributed by atoms with Crippen molar-refractivity contribution >= 4 is 27.4 Å². The first-order valence-electron chi connectivity index (χ1n) is 4.86. The highest BCUT2D eigenvalue weighted by Gasteiger charge is 2.41. The van der Waals surface area contributed by atoms with E-state index in [2.05, 4.69) is 9.44 Å². The van der Waals surface area contributed by atoms with Crippen LogP contribution in [0.25, 0.3) is 0 Å². The molecular formula is C9H10F3NO3S2. The molecule has 0 radical (unpaired) electrons. The quantitative estimate of drug-likeness (QED) is 0.599. The maximum absolute atomic E-state index is 13.4. The van der Waals surface area contributed by atoms with Crippen LogP contribution in [0.2, 0.25) is 0 Å². The van der Waals surface area contributed by atoms with Gasteiger partial charge < -0.3 is 0 Å². The zero-order chi connectivity index (χ0) is 13.8. The second kappa shape index (κ2) is 5.70. The summed E-state index contributed by atoms with van der Waals surface area (Å²) in [6, 6.07) is 2.33. The molecule has 9 heteroatoms. The van der Waals surface area contributed by atoms with Crippen LogP contribution in [0.3, 0.4) is 0 Å². The Morgan fingerprint density at radius 2 is 2.22 bits per heavy atom. The monoisotopic (exact) mass is 301 g/mol. The Labute approximate surface area is 106 Å². The summed E-state index contributed by atoms with van der Waals surface area (Å²) >= 11 is 0.626. The lowest BCUT2D eigenvalue weighted by Gasteiger charge is -2.10. The van der Waals surface area contributed by atoms with Crippen molar-refractivity contribution < 1.29 is 25.9 Å². The molecule has 1 aromatic heterocycles. The molecule has 1 rings (SSSR count). The highest BCUT2D eigenvalue weighted by atomic mass is 32.2. The fourth-order valence-electron chi connectivity index (χ4n) is 0.993. The smallest absolute Gasteiger partial charge is 0.266 e. The van der Waals surface area contributed by atoms with Gasteiger partial charge in [-0.3, -0.25) is 4.28 Å². The van der Waals surface area contributed by atoms with Crippen LogP contribution in [0.15, 0.2) is 22.7 Å². The van der Waals surface area contributed by atoms with Crippen molar-refractivity contribution in [3.05, 3.63) is 22.4 Å². The molecule has 0 bridgehead atoms. The van der Waals surface area contributed by atoms with E-state index in [9.17, 15) is 21.6 Å². The molecule has 0 fully saturated rings. The van der Waals surface area contributed by atoms with Gasteiger partial charge in [0, 0.05) is 0 Å². The third-order valence-corrected chi connectivity index (χ3v) is 3.92. The van der Waals surface area contributed by atoms with E-state index in [1.165, 1.54) is 11.4 Å². The lowest BCUT2D eigenvalue weighted by atomic mass is 10.3. The summed E-state index contributed by atoms with van der Waals surface area (Å²) in [5.41, 5.74) is 0. The van der Waals surface area contributed by atoms with Gasteiger partial charge in [0.1, 0.15) is 0 Å². The number of rotatable bonds is 6. The van der Waals surface area contributed by atoms with Crippen LogP contribution in [-0.4, -0.2) is 20.1 Å². The summed E-state index contributed by atoms with van der Waals surface area (Å²) < 4.78 is 65.7. The summed E-state index contributed by atoms with van der Waals surface area (Å²) in [5.74, 6) is -6.60. The van der Waals surface area contributed by atoms with Gasteiger partial charge in [-0.15, -0.1) is 11.3 Å². The van der Waals surface area contributed by atoms with Crippen LogP contribution in [0.4, 0.5) is 13.2 Å². The summed E-state index contributed by atoms with van der Waals surface area (Å²) in [6.45, 7) is 1.54. The number of hydrogen-bond donors (Lipinski definition) is 0. The molecular weight excluding hydrogens is 291 g/mol. The van der Waals surface area contributed by atoms with Crippen LogP contribution in [0.1, 0.15) is 18.2 Å². The van der Waals surface area contributed by atoms with Crippen LogP contribution in [0, 0.1) is 0 Å². The van der Waals surface area contributed by atoms with Gasteiger partial charge in [-0.1, -0.05) is 13.0 Å². The van der Waals surface area contributed by atoms with Gasteiger partial charge in [0.05, 0.1) is 10.6 Å². The normalized spacial score (nSPS) is 13.7. The highest BCUT2D eigenvalue weighted by molar-refractivity contribution is 7.86. The first-order chi connectivity index (χ1) is 8.29. The van der Waals surface area contributed by atoms with Crippen LogP contribution >= 0.6 is 11.3 Å². The lowest BCUT2D eigenvalue weighted by molar-refractivity contribution is 0.0638. The first kappa shape index (κ1) is 15.0. The zero-order valence-corrected chi connectivity index (χ0v) is 10.9. The largest absolute Gasteiger partial charge is 0.353 e. The Hall–Kier alpha value is -1.09. The number of alkyl halides is 2. The van der Waals surface area contributed by atoms with Crippen LogP contribution < -0.4 is 0 Å². The molecule has 0 aliphatic heterocycles. The predicted octanol–water partition coefficient (Wildman–Crippen LogP) is 2.88. The lowest BCUT2D eigenvalue weighted by Crippen LogP contribution is -2.22. The molecule has 0 aliphatic carbocycles. The van der Waals surface area contributed by atoms with Crippen LogP contribution in [-0.2, 0) is 20.3 Å². The van der Waals surface area contributed by atoms with Gasteiger partial charge >= 0.3 is 22.0 Å². The molecule has 0 spiro atoms. The summed E-state index contributed by atoms with van der Waals surface area (Å²) in [4.78, 5) is -0.583. The third kappa shape index (κ3) is 3.70. The molecule has 0 saturated carbocycles. The minimum Gasteiger partial charge on any atom is -0.266 e. The fourth-order valence-corrected chi connectivity index (χ4v) is 2.44. The molecule has 102 valence electrons. The van der Waals surface area contributed by atoms with E-state index in [-0.39, 0.29) is 6.42 Å².